The quantitative estimate of drug-likeness (QED) is 0.465. The first-order valence-electron chi connectivity index (χ1n) is 8.96. The number of methoxy groups -OCH3 is 1. The summed E-state index contributed by atoms with van der Waals surface area (Å²) in [5.74, 6) is -0.549. The molecule has 0 aliphatic carbocycles. The van der Waals surface area contributed by atoms with Crippen molar-refractivity contribution in [1.29, 1.82) is 0 Å². The third-order valence-corrected chi connectivity index (χ3v) is 4.69. The predicted molar refractivity (Wildman–Crippen MR) is 106 cm³/mol. The Balaban J connectivity index is 2.07. The van der Waals surface area contributed by atoms with Gasteiger partial charge in [-0.3, -0.25) is 4.79 Å². The van der Waals surface area contributed by atoms with E-state index in [1.54, 1.807) is 0 Å². The zero-order chi connectivity index (χ0) is 22.8. The van der Waals surface area contributed by atoms with Crippen molar-refractivity contribution in [2.45, 2.75) is 18.8 Å². The van der Waals surface area contributed by atoms with Gasteiger partial charge >= 0.3 is 6.18 Å². The summed E-state index contributed by atoms with van der Waals surface area (Å²) in [6, 6.07) is 5.01. The number of carbonyl (C=O) groups is 1. The molecule has 0 spiro atoms. The molecular weight excluding hydrogens is 441 g/mol. The van der Waals surface area contributed by atoms with E-state index >= 15 is 0 Å². The van der Waals surface area contributed by atoms with E-state index < -0.39 is 23.9 Å². The third-order valence-electron chi connectivity index (χ3n) is 4.34. The van der Waals surface area contributed by atoms with Crippen LogP contribution in [0.2, 0.25) is 0 Å². The van der Waals surface area contributed by atoms with Gasteiger partial charge in [0.1, 0.15) is 17.0 Å². The minimum Gasteiger partial charge on any atom is -0.494 e. The second-order valence-corrected chi connectivity index (χ2v) is 6.73. The number of hydrogen-bond acceptors (Lipinski definition) is 7. The molecule has 0 radical (unpaired) electrons. The van der Waals surface area contributed by atoms with Crippen LogP contribution in [0.1, 0.15) is 21.9 Å². The molecular formula is C19H18ClF3N4O4. The van der Waals surface area contributed by atoms with Crippen LogP contribution in [0.4, 0.5) is 13.2 Å². The smallest absolute Gasteiger partial charge is 0.433 e. The Morgan fingerprint density at radius 1 is 1.32 bits per heavy atom. The maximum atomic E-state index is 13.1. The van der Waals surface area contributed by atoms with Crippen molar-refractivity contribution in [2.75, 3.05) is 19.5 Å². The number of ether oxygens (including phenoxy) is 1. The van der Waals surface area contributed by atoms with Crippen LogP contribution in [0.25, 0.3) is 22.4 Å². The molecule has 0 saturated heterocycles. The number of benzene rings is 1. The number of fused-ring (bicyclic) bond motifs is 1. The first-order chi connectivity index (χ1) is 14.7. The molecule has 4 N–H and O–H groups in total. The number of aliphatic hydroxyl groups is 1. The summed E-state index contributed by atoms with van der Waals surface area (Å²) < 4.78 is 50.1. The molecule has 166 valence electrons. The second kappa shape index (κ2) is 9.08. The number of nitrogens with two attached hydrogens (primary N) is 1. The third kappa shape index (κ3) is 4.73. The Kier molecular flexibility index (Phi) is 6.68. The molecule has 2 aromatic heterocycles. The molecule has 1 aromatic carbocycles. The number of alkyl halides is 4. The van der Waals surface area contributed by atoms with E-state index in [9.17, 15) is 23.1 Å². The molecule has 1 atom stereocenters. The lowest BCUT2D eigenvalue weighted by atomic mass is 10.1. The van der Waals surface area contributed by atoms with Crippen molar-refractivity contribution in [1.82, 2.24) is 15.3 Å². The van der Waals surface area contributed by atoms with Gasteiger partial charge in [0.25, 0.3) is 5.91 Å². The van der Waals surface area contributed by atoms with Gasteiger partial charge in [-0.05, 0) is 24.3 Å². The van der Waals surface area contributed by atoms with Gasteiger partial charge in [0.15, 0.2) is 11.5 Å². The van der Waals surface area contributed by atoms with Crippen LogP contribution in [0.5, 0.6) is 5.75 Å². The highest BCUT2D eigenvalue weighted by atomic mass is 35.5. The van der Waals surface area contributed by atoms with Crippen molar-refractivity contribution in [3.8, 4) is 17.2 Å². The van der Waals surface area contributed by atoms with E-state index in [2.05, 4.69) is 15.3 Å². The van der Waals surface area contributed by atoms with Crippen molar-refractivity contribution in [2.24, 2.45) is 5.73 Å². The summed E-state index contributed by atoms with van der Waals surface area (Å²) in [5, 5.41) is 12.2. The minimum absolute atomic E-state index is 0.0299. The number of aliphatic hydroxyl groups excluding tert-OH is 1. The van der Waals surface area contributed by atoms with Crippen molar-refractivity contribution in [3.05, 3.63) is 41.4 Å². The minimum atomic E-state index is -4.64. The fraction of sp³-hybridized carbons (Fsp3) is 0.316. The lowest BCUT2D eigenvalue weighted by Crippen LogP contribution is -2.33. The van der Waals surface area contributed by atoms with Gasteiger partial charge in [0.2, 0.25) is 5.89 Å². The molecule has 0 aliphatic heterocycles. The number of amides is 1. The van der Waals surface area contributed by atoms with Gasteiger partial charge in [-0.2, -0.15) is 13.2 Å². The number of hydrogen-bond donors (Lipinski definition) is 3. The SMILES string of the molecule is COc1ccc(-c2nc(C(=O)NCC(O)CCl)c(CN)o2)c2ccc(C(F)(F)F)nc12. The largest absolute Gasteiger partial charge is 0.494 e. The Hall–Kier alpha value is -2.89. The molecule has 31 heavy (non-hydrogen) atoms. The summed E-state index contributed by atoms with van der Waals surface area (Å²) in [5.41, 5.74) is 4.71. The molecule has 3 rings (SSSR count). The fourth-order valence-electron chi connectivity index (χ4n) is 2.83. The number of halogens is 4. The maximum Gasteiger partial charge on any atom is 0.433 e. The molecule has 0 aliphatic rings. The first kappa shape index (κ1) is 22.8. The van der Waals surface area contributed by atoms with E-state index in [1.165, 1.54) is 25.3 Å². The predicted octanol–water partition coefficient (Wildman–Crippen LogP) is 2.71. The normalized spacial score (nSPS) is 12.7. The zero-order valence-corrected chi connectivity index (χ0v) is 16.9. The van der Waals surface area contributed by atoms with Crippen LogP contribution in [0.15, 0.2) is 28.7 Å². The van der Waals surface area contributed by atoms with Crippen LogP contribution in [-0.4, -0.2) is 46.6 Å². The van der Waals surface area contributed by atoms with E-state index in [1.807, 2.05) is 0 Å². The Bertz CT molecular complexity index is 1100. The van der Waals surface area contributed by atoms with Crippen LogP contribution in [-0.2, 0) is 12.7 Å². The Morgan fingerprint density at radius 2 is 2.06 bits per heavy atom. The number of oxazole rings is 1. The van der Waals surface area contributed by atoms with Crippen molar-refractivity contribution < 1.29 is 32.2 Å². The monoisotopic (exact) mass is 458 g/mol. The Morgan fingerprint density at radius 3 is 2.68 bits per heavy atom. The molecule has 1 unspecified atom stereocenters. The first-order valence-corrected chi connectivity index (χ1v) is 9.50. The molecule has 3 aromatic rings. The van der Waals surface area contributed by atoms with Gasteiger partial charge in [0.05, 0.1) is 25.6 Å². The molecule has 1 amide bonds. The number of nitrogens with one attached hydrogen (secondary N) is 1. The van der Waals surface area contributed by atoms with E-state index in [0.29, 0.717) is 5.56 Å². The summed E-state index contributed by atoms with van der Waals surface area (Å²) in [7, 11) is 1.31. The fourth-order valence-corrected chi connectivity index (χ4v) is 2.94. The number of rotatable bonds is 7. The van der Waals surface area contributed by atoms with E-state index in [-0.39, 0.29) is 53.0 Å². The van der Waals surface area contributed by atoms with Crippen LogP contribution in [0, 0.1) is 0 Å². The topological polar surface area (TPSA) is 124 Å². The lowest BCUT2D eigenvalue weighted by Gasteiger charge is -2.11. The summed E-state index contributed by atoms with van der Waals surface area (Å²) in [4.78, 5) is 20.3. The van der Waals surface area contributed by atoms with Gasteiger partial charge in [-0.25, -0.2) is 9.97 Å². The summed E-state index contributed by atoms with van der Waals surface area (Å²) >= 11 is 5.50. The molecule has 12 heteroatoms. The summed E-state index contributed by atoms with van der Waals surface area (Å²) in [6.07, 6.45) is -5.58. The lowest BCUT2D eigenvalue weighted by molar-refractivity contribution is -0.140. The standard InChI is InChI=1S/C19H18ClF3N4O4/c1-30-12-4-2-11(10-3-5-14(19(21,22)23)26-15(10)12)18-27-16(13(7-24)31-18)17(29)25-8-9(28)6-20/h2-5,9,28H,6-8,24H2,1H3,(H,25,29). The zero-order valence-electron chi connectivity index (χ0n) is 16.2. The number of nitrogens with zero attached hydrogens (tertiary/aromatic N) is 2. The van der Waals surface area contributed by atoms with E-state index in [4.69, 9.17) is 26.5 Å². The highest BCUT2D eigenvalue weighted by molar-refractivity contribution is 6.18. The molecule has 8 nitrogen and oxygen atoms in total. The molecule has 0 fully saturated rings. The van der Waals surface area contributed by atoms with E-state index in [0.717, 1.165) is 6.07 Å². The average molecular weight is 459 g/mol. The molecule has 0 saturated carbocycles. The van der Waals surface area contributed by atoms with Crippen molar-refractivity contribution >= 4 is 28.4 Å². The number of pyridine rings is 1. The molecule has 0 bridgehead atoms. The Labute approximate surface area is 179 Å². The number of aromatic nitrogens is 2. The van der Waals surface area contributed by atoms with Gasteiger partial charge in [0, 0.05) is 17.5 Å². The van der Waals surface area contributed by atoms with Gasteiger partial charge in [-0.1, -0.05) is 0 Å². The van der Waals surface area contributed by atoms with Crippen LogP contribution < -0.4 is 15.8 Å². The van der Waals surface area contributed by atoms with Gasteiger partial charge < -0.3 is 25.3 Å². The van der Waals surface area contributed by atoms with Gasteiger partial charge in [-0.15, -0.1) is 11.6 Å². The highest BCUT2D eigenvalue weighted by Gasteiger charge is 2.33. The van der Waals surface area contributed by atoms with Crippen molar-refractivity contribution in [3.63, 3.8) is 0 Å². The highest BCUT2D eigenvalue weighted by Crippen LogP contribution is 2.36. The number of carbonyl (C=O) groups excluding carboxylic acids is 1. The molecule has 2 heterocycles. The van der Waals surface area contributed by atoms with Crippen LogP contribution in [0.3, 0.4) is 0 Å². The summed E-state index contributed by atoms with van der Waals surface area (Å²) in [6.45, 7) is -0.261. The average Bonchev–Trinajstić information content (AvgIpc) is 3.19. The van der Waals surface area contributed by atoms with Crippen LogP contribution >= 0.6 is 11.6 Å². The second-order valence-electron chi connectivity index (χ2n) is 6.42. The maximum absolute atomic E-state index is 13.1.